The standard InChI is InChI=1S/C9H13NO/c1-7-4-3-5-10-9(7)6-8(2)11/h3-5,8,11H,6H2,1-2H3/t8-/m1/s1. The number of aromatic nitrogens is 1. The maximum absolute atomic E-state index is 9.09. The molecule has 60 valence electrons. The van der Waals surface area contributed by atoms with Gasteiger partial charge in [0.1, 0.15) is 0 Å². The minimum Gasteiger partial charge on any atom is -0.393 e. The summed E-state index contributed by atoms with van der Waals surface area (Å²) in [7, 11) is 0. The van der Waals surface area contributed by atoms with Gasteiger partial charge in [-0.25, -0.2) is 0 Å². The second-order valence-corrected chi connectivity index (χ2v) is 2.82. The zero-order valence-corrected chi connectivity index (χ0v) is 6.91. The summed E-state index contributed by atoms with van der Waals surface area (Å²) in [5.41, 5.74) is 2.14. The highest BCUT2D eigenvalue weighted by Crippen LogP contribution is 2.05. The van der Waals surface area contributed by atoms with Crippen molar-refractivity contribution in [3.05, 3.63) is 29.6 Å². The molecule has 1 rings (SSSR count). The summed E-state index contributed by atoms with van der Waals surface area (Å²) in [6.07, 6.45) is 2.10. The topological polar surface area (TPSA) is 33.1 Å². The smallest absolute Gasteiger partial charge is 0.0567 e. The Balaban J connectivity index is 2.78. The molecule has 0 spiro atoms. The second kappa shape index (κ2) is 3.49. The molecular formula is C9H13NO. The molecule has 0 radical (unpaired) electrons. The number of aliphatic hydroxyl groups excluding tert-OH is 1. The molecule has 1 N–H and O–H groups in total. The van der Waals surface area contributed by atoms with Crippen LogP contribution in [0.5, 0.6) is 0 Å². The van der Waals surface area contributed by atoms with Gasteiger partial charge in [0.2, 0.25) is 0 Å². The average Bonchev–Trinajstić information content (AvgIpc) is 1.93. The normalized spacial score (nSPS) is 13.0. The molecule has 0 aliphatic carbocycles. The number of aliphatic hydroxyl groups is 1. The second-order valence-electron chi connectivity index (χ2n) is 2.82. The summed E-state index contributed by atoms with van der Waals surface area (Å²) in [5, 5.41) is 9.09. The van der Waals surface area contributed by atoms with Gasteiger partial charge in [-0.1, -0.05) is 6.07 Å². The molecule has 1 aromatic rings. The van der Waals surface area contributed by atoms with Crippen molar-refractivity contribution in [2.75, 3.05) is 0 Å². The third-order valence-electron chi connectivity index (χ3n) is 1.61. The molecule has 0 amide bonds. The minimum absolute atomic E-state index is 0.302. The predicted octanol–water partition coefficient (Wildman–Crippen LogP) is 1.31. The lowest BCUT2D eigenvalue weighted by Crippen LogP contribution is -2.07. The zero-order chi connectivity index (χ0) is 8.27. The lowest BCUT2D eigenvalue weighted by atomic mass is 10.1. The van der Waals surface area contributed by atoms with E-state index >= 15 is 0 Å². The van der Waals surface area contributed by atoms with Crippen LogP contribution in [0.1, 0.15) is 18.2 Å². The van der Waals surface area contributed by atoms with Crippen LogP contribution in [0.2, 0.25) is 0 Å². The first kappa shape index (κ1) is 8.21. The number of hydrogen-bond donors (Lipinski definition) is 1. The van der Waals surface area contributed by atoms with Gasteiger partial charge in [0, 0.05) is 18.3 Å². The van der Waals surface area contributed by atoms with Crippen molar-refractivity contribution in [3.63, 3.8) is 0 Å². The zero-order valence-electron chi connectivity index (χ0n) is 6.91. The maximum atomic E-state index is 9.09. The molecule has 0 saturated carbocycles. The van der Waals surface area contributed by atoms with Crippen molar-refractivity contribution in [2.45, 2.75) is 26.4 Å². The van der Waals surface area contributed by atoms with Crippen LogP contribution in [0.3, 0.4) is 0 Å². The van der Waals surface area contributed by atoms with E-state index in [4.69, 9.17) is 5.11 Å². The summed E-state index contributed by atoms with van der Waals surface area (Å²) < 4.78 is 0. The molecule has 0 aromatic carbocycles. The van der Waals surface area contributed by atoms with Gasteiger partial charge in [-0.05, 0) is 25.5 Å². The van der Waals surface area contributed by atoms with Crippen LogP contribution in [0.25, 0.3) is 0 Å². The molecule has 0 unspecified atom stereocenters. The molecule has 11 heavy (non-hydrogen) atoms. The molecular weight excluding hydrogens is 138 g/mol. The summed E-state index contributed by atoms with van der Waals surface area (Å²) in [4.78, 5) is 4.16. The van der Waals surface area contributed by atoms with Crippen LogP contribution in [-0.4, -0.2) is 16.2 Å². The quantitative estimate of drug-likeness (QED) is 0.691. The monoisotopic (exact) mass is 151 g/mol. The van der Waals surface area contributed by atoms with E-state index < -0.39 is 0 Å². The largest absolute Gasteiger partial charge is 0.393 e. The van der Waals surface area contributed by atoms with E-state index in [0.717, 1.165) is 11.3 Å². The van der Waals surface area contributed by atoms with Crippen LogP contribution in [0.4, 0.5) is 0 Å². The summed E-state index contributed by atoms with van der Waals surface area (Å²) in [6, 6.07) is 3.91. The number of rotatable bonds is 2. The first-order chi connectivity index (χ1) is 5.20. The molecule has 2 nitrogen and oxygen atoms in total. The van der Waals surface area contributed by atoms with E-state index in [1.807, 2.05) is 19.1 Å². The fraction of sp³-hybridized carbons (Fsp3) is 0.444. The summed E-state index contributed by atoms with van der Waals surface area (Å²) in [6.45, 7) is 3.78. The molecule has 0 saturated heterocycles. The van der Waals surface area contributed by atoms with Crippen molar-refractivity contribution in [1.82, 2.24) is 4.98 Å². The number of nitrogens with zero attached hydrogens (tertiary/aromatic N) is 1. The van der Waals surface area contributed by atoms with Gasteiger partial charge in [0.05, 0.1) is 6.10 Å². The van der Waals surface area contributed by atoms with Crippen LogP contribution >= 0.6 is 0 Å². The van der Waals surface area contributed by atoms with Crippen molar-refractivity contribution in [1.29, 1.82) is 0 Å². The Bertz CT molecular complexity index is 233. The number of hydrogen-bond acceptors (Lipinski definition) is 2. The van der Waals surface area contributed by atoms with Crippen LogP contribution in [0, 0.1) is 6.92 Å². The highest BCUT2D eigenvalue weighted by molar-refractivity contribution is 5.17. The van der Waals surface area contributed by atoms with Crippen molar-refractivity contribution < 1.29 is 5.11 Å². The van der Waals surface area contributed by atoms with E-state index in [1.165, 1.54) is 0 Å². The highest BCUT2D eigenvalue weighted by atomic mass is 16.3. The number of aryl methyl sites for hydroxylation is 1. The van der Waals surface area contributed by atoms with E-state index in [1.54, 1.807) is 13.1 Å². The Morgan fingerprint density at radius 1 is 1.64 bits per heavy atom. The highest BCUT2D eigenvalue weighted by Gasteiger charge is 2.01. The third-order valence-corrected chi connectivity index (χ3v) is 1.61. The fourth-order valence-corrected chi connectivity index (χ4v) is 1.01. The third kappa shape index (κ3) is 2.31. The van der Waals surface area contributed by atoms with E-state index in [2.05, 4.69) is 4.98 Å². The van der Waals surface area contributed by atoms with Gasteiger partial charge in [-0.3, -0.25) is 4.98 Å². The Morgan fingerprint density at radius 2 is 2.36 bits per heavy atom. The lowest BCUT2D eigenvalue weighted by Gasteiger charge is -2.05. The van der Waals surface area contributed by atoms with Gasteiger partial charge in [0.25, 0.3) is 0 Å². The summed E-state index contributed by atoms with van der Waals surface area (Å²) >= 11 is 0. The first-order valence-electron chi connectivity index (χ1n) is 3.78. The maximum Gasteiger partial charge on any atom is 0.0567 e. The van der Waals surface area contributed by atoms with Gasteiger partial charge in [-0.2, -0.15) is 0 Å². The van der Waals surface area contributed by atoms with Crippen LogP contribution in [-0.2, 0) is 6.42 Å². The lowest BCUT2D eigenvalue weighted by molar-refractivity contribution is 0.194. The molecule has 0 bridgehead atoms. The van der Waals surface area contributed by atoms with Gasteiger partial charge >= 0.3 is 0 Å². The van der Waals surface area contributed by atoms with Crippen molar-refractivity contribution >= 4 is 0 Å². The Labute approximate surface area is 66.9 Å². The fourth-order valence-electron chi connectivity index (χ4n) is 1.01. The minimum atomic E-state index is -0.302. The van der Waals surface area contributed by atoms with Crippen molar-refractivity contribution in [3.8, 4) is 0 Å². The van der Waals surface area contributed by atoms with Gasteiger partial charge < -0.3 is 5.11 Å². The van der Waals surface area contributed by atoms with E-state index in [-0.39, 0.29) is 6.10 Å². The Hall–Kier alpha value is -0.890. The molecule has 1 atom stereocenters. The van der Waals surface area contributed by atoms with E-state index in [0.29, 0.717) is 6.42 Å². The first-order valence-corrected chi connectivity index (χ1v) is 3.78. The predicted molar refractivity (Wildman–Crippen MR) is 44.4 cm³/mol. The Morgan fingerprint density at radius 3 is 2.91 bits per heavy atom. The van der Waals surface area contributed by atoms with Gasteiger partial charge in [-0.15, -0.1) is 0 Å². The van der Waals surface area contributed by atoms with E-state index in [9.17, 15) is 0 Å². The molecule has 1 aromatic heterocycles. The summed E-state index contributed by atoms with van der Waals surface area (Å²) in [5.74, 6) is 0. The van der Waals surface area contributed by atoms with Gasteiger partial charge in [0.15, 0.2) is 0 Å². The molecule has 0 fully saturated rings. The molecule has 0 aliphatic rings. The molecule has 2 heteroatoms. The SMILES string of the molecule is Cc1cccnc1C[C@@H](C)O. The van der Waals surface area contributed by atoms with Crippen LogP contribution in [0.15, 0.2) is 18.3 Å². The molecule has 0 aliphatic heterocycles. The Kier molecular flexibility index (Phi) is 2.60. The van der Waals surface area contributed by atoms with Crippen molar-refractivity contribution in [2.24, 2.45) is 0 Å². The number of pyridine rings is 1. The molecule has 1 heterocycles. The van der Waals surface area contributed by atoms with Crippen LogP contribution < -0.4 is 0 Å². The average molecular weight is 151 g/mol.